The molecule has 3 aromatic rings. The van der Waals surface area contributed by atoms with Gasteiger partial charge in [-0.3, -0.25) is 0 Å². The first-order valence-corrected chi connectivity index (χ1v) is 7.07. The number of benzene rings is 1. The molecule has 0 amide bonds. The molecule has 0 saturated heterocycles. The molecule has 7 heteroatoms. The maximum Gasteiger partial charge on any atom is 0.181 e. The van der Waals surface area contributed by atoms with Crippen LogP contribution in [0.2, 0.25) is 0 Å². The second-order valence-electron chi connectivity index (χ2n) is 4.42. The molecule has 0 radical (unpaired) electrons. The second-order valence-corrected chi connectivity index (χ2v) is 5.36. The van der Waals surface area contributed by atoms with Crippen LogP contribution in [0.4, 0.5) is 5.69 Å². The molecule has 1 N–H and O–H groups in total. The van der Waals surface area contributed by atoms with Gasteiger partial charge < -0.3 is 5.32 Å². The molecule has 6 nitrogen and oxygen atoms in total. The van der Waals surface area contributed by atoms with Gasteiger partial charge in [0, 0.05) is 23.2 Å². The van der Waals surface area contributed by atoms with Crippen molar-refractivity contribution in [1.29, 1.82) is 0 Å². The quantitative estimate of drug-likeness (QED) is 0.796. The molecule has 0 saturated carbocycles. The van der Waals surface area contributed by atoms with Crippen LogP contribution in [0.5, 0.6) is 0 Å². The van der Waals surface area contributed by atoms with Gasteiger partial charge in [0.1, 0.15) is 0 Å². The van der Waals surface area contributed by atoms with Gasteiger partial charge in [-0.25, -0.2) is 9.67 Å². The minimum atomic E-state index is 0.752. The number of tetrazole rings is 1. The average molecular weight is 286 g/mol. The number of hydrogen-bond donors (Lipinski definition) is 1. The summed E-state index contributed by atoms with van der Waals surface area (Å²) in [6, 6.07) is 8.06. The second kappa shape index (κ2) is 5.38. The number of rotatable bonds is 4. The Morgan fingerprint density at radius 1 is 1.35 bits per heavy atom. The van der Waals surface area contributed by atoms with Crippen LogP contribution in [0, 0.1) is 6.92 Å². The summed E-state index contributed by atoms with van der Waals surface area (Å²) >= 11 is 1.66. The van der Waals surface area contributed by atoms with Crippen molar-refractivity contribution in [3.63, 3.8) is 0 Å². The molecule has 0 aliphatic rings. The Bertz CT molecular complexity index is 717. The van der Waals surface area contributed by atoms with Gasteiger partial charge in [-0.1, -0.05) is 12.1 Å². The van der Waals surface area contributed by atoms with E-state index in [0.717, 1.165) is 29.3 Å². The van der Waals surface area contributed by atoms with Crippen molar-refractivity contribution in [3.8, 4) is 11.4 Å². The van der Waals surface area contributed by atoms with Gasteiger partial charge in [0.05, 0.1) is 17.7 Å². The summed E-state index contributed by atoms with van der Waals surface area (Å²) in [6.45, 7) is 2.80. The van der Waals surface area contributed by atoms with Crippen LogP contribution >= 0.6 is 11.3 Å². The maximum absolute atomic E-state index is 4.25. The molecule has 0 aliphatic heterocycles. The summed E-state index contributed by atoms with van der Waals surface area (Å²) in [5, 5.41) is 14.9. The van der Waals surface area contributed by atoms with E-state index in [1.54, 1.807) is 16.0 Å². The van der Waals surface area contributed by atoms with Crippen molar-refractivity contribution in [3.05, 3.63) is 40.3 Å². The Hall–Kier alpha value is -2.28. The molecule has 0 spiro atoms. The van der Waals surface area contributed by atoms with E-state index in [1.807, 2.05) is 43.7 Å². The molecule has 3 rings (SSSR count). The smallest absolute Gasteiger partial charge is 0.181 e. The van der Waals surface area contributed by atoms with Gasteiger partial charge >= 0.3 is 0 Å². The summed E-state index contributed by atoms with van der Waals surface area (Å²) in [7, 11) is 1.83. The minimum absolute atomic E-state index is 0.752. The lowest BCUT2D eigenvalue weighted by molar-refractivity contribution is 0.714. The normalized spacial score (nSPS) is 10.7. The Labute approximate surface area is 120 Å². The Morgan fingerprint density at radius 2 is 2.25 bits per heavy atom. The molecule has 2 aromatic heterocycles. The summed E-state index contributed by atoms with van der Waals surface area (Å²) < 4.78 is 1.66. The molecule has 0 unspecified atom stereocenters. The Kier molecular flexibility index (Phi) is 3.42. The molecule has 20 heavy (non-hydrogen) atoms. The van der Waals surface area contributed by atoms with E-state index in [4.69, 9.17) is 0 Å². The van der Waals surface area contributed by atoms with Gasteiger partial charge in [0.25, 0.3) is 0 Å². The van der Waals surface area contributed by atoms with Gasteiger partial charge in [0.15, 0.2) is 5.82 Å². The van der Waals surface area contributed by atoms with Crippen LogP contribution in [0.15, 0.2) is 29.8 Å². The largest absolute Gasteiger partial charge is 0.380 e. The zero-order chi connectivity index (χ0) is 13.9. The molecule has 0 bridgehead atoms. The summed E-state index contributed by atoms with van der Waals surface area (Å²) in [4.78, 5) is 5.49. The topological polar surface area (TPSA) is 68.5 Å². The van der Waals surface area contributed by atoms with Gasteiger partial charge in [-0.2, -0.15) is 0 Å². The minimum Gasteiger partial charge on any atom is -0.380 e. The lowest BCUT2D eigenvalue weighted by atomic mass is 10.2. The van der Waals surface area contributed by atoms with Crippen molar-refractivity contribution in [2.45, 2.75) is 13.5 Å². The first-order valence-electron chi connectivity index (χ1n) is 6.19. The Balaban J connectivity index is 1.78. The van der Waals surface area contributed by atoms with Crippen molar-refractivity contribution >= 4 is 17.0 Å². The van der Waals surface area contributed by atoms with E-state index < -0.39 is 0 Å². The zero-order valence-electron chi connectivity index (χ0n) is 11.2. The summed E-state index contributed by atoms with van der Waals surface area (Å²) in [5.74, 6) is 0.752. The lowest BCUT2D eigenvalue weighted by Gasteiger charge is -2.07. The fourth-order valence-corrected chi connectivity index (χ4v) is 2.64. The van der Waals surface area contributed by atoms with E-state index in [-0.39, 0.29) is 0 Å². The molecule has 0 atom stereocenters. The van der Waals surface area contributed by atoms with E-state index in [1.165, 1.54) is 4.88 Å². The highest BCUT2D eigenvalue weighted by Crippen LogP contribution is 2.21. The number of aryl methyl sites for hydroxylation is 2. The zero-order valence-corrected chi connectivity index (χ0v) is 12.1. The maximum atomic E-state index is 4.25. The van der Waals surface area contributed by atoms with Gasteiger partial charge in [0.2, 0.25) is 0 Å². The number of hydrogen-bond acceptors (Lipinski definition) is 6. The monoisotopic (exact) mass is 286 g/mol. The van der Waals surface area contributed by atoms with E-state index >= 15 is 0 Å². The number of nitrogens with one attached hydrogen (secondary N) is 1. The molecule has 102 valence electrons. The van der Waals surface area contributed by atoms with Crippen molar-refractivity contribution < 1.29 is 0 Å². The molecular weight excluding hydrogens is 272 g/mol. The van der Waals surface area contributed by atoms with E-state index in [0.29, 0.717) is 0 Å². The average Bonchev–Trinajstić information content (AvgIpc) is 3.05. The third-order valence-electron chi connectivity index (χ3n) is 3.04. The first-order chi connectivity index (χ1) is 9.74. The van der Waals surface area contributed by atoms with Crippen molar-refractivity contribution in [2.75, 3.05) is 5.32 Å². The molecular formula is C13H14N6S. The lowest BCUT2D eigenvalue weighted by Crippen LogP contribution is -2.00. The van der Waals surface area contributed by atoms with E-state index in [9.17, 15) is 0 Å². The number of anilines is 1. The van der Waals surface area contributed by atoms with Crippen LogP contribution < -0.4 is 5.32 Å². The highest BCUT2D eigenvalue weighted by molar-refractivity contribution is 7.09. The van der Waals surface area contributed by atoms with Crippen molar-refractivity contribution in [1.82, 2.24) is 25.2 Å². The fourth-order valence-electron chi connectivity index (χ4n) is 1.92. The van der Waals surface area contributed by atoms with Crippen LogP contribution in [-0.4, -0.2) is 25.2 Å². The Morgan fingerprint density at radius 3 is 2.95 bits per heavy atom. The number of aromatic nitrogens is 5. The number of nitrogens with zero attached hydrogens (tertiary/aromatic N) is 5. The highest BCUT2D eigenvalue weighted by atomic mass is 32.1. The highest BCUT2D eigenvalue weighted by Gasteiger charge is 2.07. The third kappa shape index (κ3) is 2.53. The SMILES string of the molecule is Cc1ncsc1CNc1cccc(-c2nnnn2C)c1. The fraction of sp³-hybridized carbons (Fsp3) is 0.231. The first kappa shape index (κ1) is 12.7. The molecule has 0 fully saturated rings. The third-order valence-corrected chi connectivity index (χ3v) is 3.97. The summed E-state index contributed by atoms with van der Waals surface area (Å²) in [6.07, 6.45) is 0. The predicted octanol–water partition coefficient (Wildman–Crippen LogP) is 2.25. The van der Waals surface area contributed by atoms with Crippen molar-refractivity contribution in [2.24, 2.45) is 7.05 Å². The standard InChI is InChI=1S/C13H14N6S/c1-9-12(20-8-15-9)7-14-11-5-3-4-10(6-11)13-16-17-18-19(13)2/h3-6,8,14H,7H2,1-2H3. The molecule has 1 aromatic carbocycles. The molecule has 2 heterocycles. The van der Waals surface area contributed by atoms with E-state index in [2.05, 4.69) is 25.8 Å². The summed E-state index contributed by atoms with van der Waals surface area (Å²) in [5.41, 5.74) is 4.98. The van der Waals surface area contributed by atoms with Gasteiger partial charge in [-0.05, 0) is 29.5 Å². The predicted molar refractivity (Wildman–Crippen MR) is 78.4 cm³/mol. The van der Waals surface area contributed by atoms with Crippen LogP contribution in [0.3, 0.4) is 0 Å². The molecule has 0 aliphatic carbocycles. The van der Waals surface area contributed by atoms with Gasteiger partial charge in [-0.15, -0.1) is 16.4 Å². The number of thiazole rings is 1. The van der Waals surface area contributed by atoms with Crippen LogP contribution in [0.1, 0.15) is 10.6 Å². The van der Waals surface area contributed by atoms with Crippen LogP contribution in [0.25, 0.3) is 11.4 Å². The van der Waals surface area contributed by atoms with Crippen LogP contribution in [-0.2, 0) is 13.6 Å².